The molecule has 252 valence electrons. The van der Waals surface area contributed by atoms with Crippen LogP contribution in [0.5, 0.6) is 11.5 Å². The summed E-state index contributed by atoms with van der Waals surface area (Å²) in [6, 6.07) is 19.9. The fraction of sp³-hybridized carbons (Fsp3) is 0.294. The number of amides is 2. The first-order valence-electron chi connectivity index (χ1n) is 14.4. The Morgan fingerprint density at radius 1 is 0.596 bits per heavy atom. The highest BCUT2D eigenvalue weighted by Gasteiger charge is 2.24. The van der Waals surface area contributed by atoms with E-state index in [1.807, 2.05) is 72.8 Å². The number of carbonyl (C=O) groups excluding carboxylic acids is 2. The van der Waals surface area contributed by atoms with E-state index in [9.17, 15) is 19.2 Å². The van der Waals surface area contributed by atoms with Gasteiger partial charge < -0.3 is 46.0 Å². The van der Waals surface area contributed by atoms with Crippen LogP contribution in [0.15, 0.2) is 72.8 Å². The number of aliphatic hydroxyl groups excluding tert-OH is 2. The molecule has 13 heteroatoms. The second kappa shape index (κ2) is 17.5. The van der Waals surface area contributed by atoms with Crippen molar-refractivity contribution in [1.29, 1.82) is 0 Å². The molecule has 4 aromatic carbocycles. The van der Waals surface area contributed by atoms with Crippen molar-refractivity contribution < 1.29 is 54.6 Å². The number of rotatable bonds is 12. The maximum absolute atomic E-state index is 12.1. The number of carbonyl (C=O) groups is 4. The van der Waals surface area contributed by atoms with E-state index < -0.39 is 60.9 Å². The fourth-order valence-electron chi connectivity index (χ4n) is 4.54. The van der Waals surface area contributed by atoms with Gasteiger partial charge in [-0.05, 0) is 70.8 Å². The van der Waals surface area contributed by atoms with Crippen LogP contribution in [0.3, 0.4) is 0 Å². The SMILES string of the molecule is COc1ccc2cc([C@H](C)C(=O)N[C@@H](CO)C(=O)O)ccc2c1.COc1ccc2cc([C@H](C)C(=O)N[C@@H](CO)C(=O)O)ccc2c1.O. The van der Waals surface area contributed by atoms with Crippen molar-refractivity contribution in [3.05, 3.63) is 83.9 Å². The Labute approximate surface area is 271 Å². The summed E-state index contributed by atoms with van der Waals surface area (Å²) in [6.45, 7) is 2.09. The highest BCUT2D eigenvalue weighted by molar-refractivity contribution is 5.91. The number of benzene rings is 4. The first-order valence-corrected chi connectivity index (χ1v) is 14.4. The van der Waals surface area contributed by atoms with Crippen molar-refractivity contribution in [3.63, 3.8) is 0 Å². The van der Waals surface area contributed by atoms with Crippen LogP contribution in [0.25, 0.3) is 21.5 Å². The fourth-order valence-corrected chi connectivity index (χ4v) is 4.54. The first kappa shape index (κ1) is 37.9. The molecule has 0 aromatic heterocycles. The third kappa shape index (κ3) is 9.87. The number of hydrogen-bond donors (Lipinski definition) is 6. The normalized spacial score (nSPS) is 13.1. The molecule has 0 bridgehead atoms. The highest BCUT2D eigenvalue weighted by atomic mass is 16.5. The average molecular weight is 653 g/mol. The van der Waals surface area contributed by atoms with Crippen molar-refractivity contribution in [1.82, 2.24) is 10.6 Å². The smallest absolute Gasteiger partial charge is 0.328 e. The molecule has 8 N–H and O–H groups in total. The summed E-state index contributed by atoms with van der Waals surface area (Å²) in [7, 11) is 3.20. The van der Waals surface area contributed by atoms with Gasteiger partial charge in [0.2, 0.25) is 11.8 Å². The largest absolute Gasteiger partial charge is 0.497 e. The number of aliphatic hydroxyl groups is 2. The van der Waals surface area contributed by atoms with Gasteiger partial charge in [-0.3, -0.25) is 9.59 Å². The number of nitrogens with one attached hydrogen (secondary N) is 2. The zero-order chi connectivity index (χ0) is 34.0. The lowest BCUT2D eigenvalue weighted by Gasteiger charge is -2.17. The summed E-state index contributed by atoms with van der Waals surface area (Å²) in [5.41, 5.74) is 1.53. The predicted octanol–water partition coefficient (Wildman–Crippen LogP) is 2.20. The standard InChI is InChI=1S/2C17H19NO5.H2O/c2*1-10(16(20)18-15(9-19)17(21)22)11-3-4-13-8-14(23-2)6-5-12(13)7-11;/h2*3-8,10,15,19H,9H2,1-2H3,(H,18,20)(H,21,22);1H2/t2*10-,15-;/m00./s1. The Morgan fingerprint density at radius 2 is 0.915 bits per heavy atom. The van der Waals surface area contributed by atoms with Gasteiger partial charge in [0, 0.05) is 0 Å². The molecule has 0 aliphatic carbocycles. The van der Waals surface area contributed by atoms with Crippen molar-refractivity contribution in [2.75, 3.05) is 27.4 Å². The lowest BCUT2D eigenvalue weighted by molar-refractivity contribution is -0.143. The molecule has 4 atom stereocenters. The number of carboxylic acids is 2. The van der Waals surface area contributed by atoms with E-state index in [2.05, 4.69) is 10.6 Å². The summed E-state index contributed by atoms with van der Waals surface area (Å²) in [5, 5.41) is 44.3. The molecule has 0 saturated carbocycles. The van der Waals surface area contributed by atoms with Gasteiger partial charge in [0.15, 0.2) is 0 Å². The summed E-state index contributed by atoms with van der Waals surface area (Å²) in [5.74, 6) is -2.98. The molecule has 47 heavy (non-hydrogen) atoms. The summed E-state index contributed by atoms with van der Waals surface area (Å²) in [4.78, 5) is 46.0. The quantitative estimate of drug-likeness (QED) is 0.131. The van der Waals surface area contributed by atoms with Crippen LogP contribution in [-0.4, -0.2) is 89.2 Å². The van der Waals surface area contributed by atoms with E-state index in [0.717, 1.165) is 44.2 Å². The van der Waals surface area contributed by atoms with Gasteiger partial charge >= 0.3 is 11.9 Å². The monoisotopic (exact) mass is 652 g/mol. The molecule has 0 fully saturated rings. The van der Waals surface area contributed by atoms with E-state index in [1.165, 1.54) is 0 Å². The van der Waals surface area contributed by atoms with E-state index in [-0.39, 0.29) is 5.48 Å². The van der Waals surface area contributed by atoms with E-state index in [1.54, 1.807) is 28.1 Å². The Bertz CT molecular complexity index is 1580. The lowest BCUT2D eigenvalue weighted by Crippen LogP contribution is -2.44. The van der Waals surface area contributed by atoms with Crippen molar-refractivity contribution in [3.8, 4) is 11.5 Å². The van der Waals surface area contributed by atoms with Crippen LogP contribution in [-0.2, 0) is 19.2 Å². The number of hydrogen-bond acceptors (Lipinski definition) is 8. The molecule has 0 radical (unpaired) electrons. The summed E-state index contributed by atoms with van der Waals surface area (Å²) in [6.07, 6.45) is 0. The Hall–Kier alpha value is -5.24. The molecule has 0 heterocycles. The maximum atomic E-state index is 12.1. The first-order chi connectivity index (χ1) is 21.9. The number of fused-ring (bicyclic) bond motifs is 2. The molecule has 0 saturated heterocycles. The van der Waals surface area contributed by atoms with Crippen LogP contribution >= 0.6 is 0 Å². The van der Waals surface area contributed by atoms with Crippen LogP contribution < -0.4 is 20.1 Å². The Kier molecular flexibility index (Phi) is 14.1. The minimum absolute atomic E-state index is 0. The Morgan fingerprint density at radius 3 is 1.21 bits per heavy atom. The van der Waals surface area contributed by atoms with E-state index >= 15 is 0 Å². The number of carboxylic acid groups (broad SMARTS) is 2. The van der Waals surface area contributed by atoms with Crippen LogP contribution in [0.1, 0.15) is 36.8 Å². The maximum Gasteiger partial charge on any atom is 0.328 e. The van der Waals surface area contributed by atoms with E-state index in [0.29, 0.717) is 0 Å². The van der Waals surface area contributed by atoms with Crippen LogP contribution in [0.2, 0.25) is 0 Å². The zero-order valence-corrected chi connectivity index (χ0v) is 26.4. The van der Waals surface area contributed by atoms with Gasteiger partial charge in [0.1, 0.15) is 23.6 Å². The molecule has 2 amide bonds. The minimum Gasteiger partial charge on any atom is -0.497 e. The predicted molar refractivity (Wildman–Crippen MR) is 175 cm³/mol. The molecule has 4 rings (SSSR count). The average Bonchev–Trinajstić information content (AvgIpc) is 3.07. The van der Waals surface area contributed by atoms with Gasteiger partial charge in [-0.25, -0.2) is 9.59 Å². The molecule has 0 spiro atoms. The summed E-state index contributed by atoms with van der Waals surface area (Å²) < 4.78 is 10.3. The zero-order valence-electron chi connectivity index (χ0n) is 26.4. The number of ether oxygens (including phenoxy) is 2. The number of methoxy groups -OCH3 is 2. The van der Waals surface area contributed by atoms with Gasteiger partial charge in [0.25, 0.3) is 0 Å². The molecule has 13 nitrogen and oxygen atoms in total. The Balaban J connectivity index is 0.000000320. The molecular formula is C34H40N2O11. The minimum atomic E-state index is -1.30. The number of aliphatic carboxylic acids is 2. The van der Waals surface area contributed by atoms with Crippen molar-refractivity contribution in [2.24, 2.45) is 0 Å². The second-order valence-electron chi connectivity index (χ2n) is 10.6. The molecule has 0 unspecified atom stereocenters. The topological polar surface area (TPSA) is 223 Å². The van der Waals surface area contributed by atoms with E-state index in [4.69, 9.17) is 29.9 Å². The molecular weight excluding hydrogens is 612 g/mol. The van der Waals surface area contributed by atoms with Gasteiger partial charge in [-0.15, -0.1) is 0 Å². The van der Waals surface area contributed by atoms with Crippen LogP contribution in [0, 0.1) is 0 Å². The molecule has 4 aromatic rings. The van der Waals surface area contributed by atoms with Gasteiger partial charge in [-0.2, -0.15) is 0 Å². The second-order valence-corrected chi connectivity index (χ2v) is 10.6. The highest BCUT2D eigenvalue weighted by Crippen LogP contribution is 2.26. The summed E-state index contributed by atoms with van der Waals surface area (Å²) >= 11 is 0. The molecule has 0 aliphatic heterocycles. The third-order valence-corrected chi connectivity index (χ3v) is 7.52. The lowest BCUT2D eigenvalue weighted by atomic mass is 9.96. The van der Waals surface area contributed by atoms with Crippen molar-refractivity contribution in [2.45, 2.75) is 37.8 Å². The van der Waals surface area contributed by atoms with Crippen molar-refractivity contribution >= 4 is 45.3 Å². The molecule has 0 aliphatic rings. The third-order valence-electron chi connectivity index (χ3n) is 7.52. The van der Waals surface area contributed by atoms with Crippen LogP contribution in [0.4, 0.5) is 0 Å². The van der Waals surface area contributed by atoms with Gasteiger partial charge in [0.05, 0.1) is 39.3 Å². The van der Waals surface area contributed by atoms with Gasteiger partial charge in [-0.1, -0.05) is 48.5 Å².